The molecule has 6 nitrogen and oxygen atoms in total. The molecule has 1 aromatic carbocycles. The molecule has 1 aliphatic rings. The fourth-order valence-electron chi connectivity index (χ4n) is 3.27. The second-order valence-corrected chi connectivity index (χ2v) is 8.23. The van der Waals surface area contributed by atoms with E-state index < -0.39 is 21.4 Å². The quantitative estimate of drug-likeness (QED) is 0.888. The lowest BCUT2D eigenvalue weighted by Gasteiger charge is -2.27. The van der Waals surface area contributed by atoms with Crippen LogP contribution in [0.2, 0.25) is 0 Å². The third kappa shape index (κ3) is 3.18. The summed E-state index contributed by atoms with van der Waals surface area (Å²) in [5.41, 5.74) is 2.72. The molecule has 0 radical (unpaired) electrons. The maximum Gasteiger partial charge on any atom is 0.238 e. The highest BCUT2D eigenvalue weighted by molar-refractivity contribution is 7.93. The Kier molecular flexibility index (Phi) is 4.64. The topological polar surface area (TPSA) is 84.2 Å². The van der Waals surface area contributed by atoms with Crippen molar-refractivity contribution in [2.75, 3.05) is 4.72 Å². The van der Waals surface area contributed by atoms with Crippen molar-refractivity contribution in [2.45, 2.75) is 50.9 Å². The molecule has 1 saturated carbocycles. The number of hydrogen-bond donors (Lipinski definition) is 2. The van der Waals surface area contributed by atoms with E-state index in [9.17, 15) is 13.5 Å². The molecule has 1 aromatic heterocycles. The number of rotatable bonds is 4. The fraction of sp³-hybridized carbons (Fsp3) is 0.471. The second-order valence-electron chi connectivity index (χ2n) is 6.33. The molecule has 130 valence electrons. The first-order valence-electron chi connectivity index (χ1n) is 8.21. The van der Waals surface area contributed by atoms with Crippen LogP contribution < -0.4 is 4.72 Å². The lowest BCUT2D eigenvalue weighted by molar-refractivity contribution is 0.133. The minimum absolute atomic E-state index is 0.488. The van der Waals surface area contributed by atoms with Crippen LogP contribution in [0.5, 0.6) is 0 Å². The van der Waals surface area contributed by atoms with Gasteiger partial charge in [-0.2, -0.15) is 5.10 Å². The summed E-state index contributed by atoms with van der Waals surface area (Å²) in [6.45, 7) is 3.61. The van der Waals surface area contributed by atoms with Gasteiger partial charge in [-0.15, -0.1) is 0 Å². The van der Waals surface area contributed by atoms with Gasteiger partial charge in [-0.25, -0.2) is 13.1 Å². The number of hydrogen-bond acceptors (Lipinski definition) is 4. The van der Waals surface area contributed by atoms with Crippen LogP contribution in [-0.2, 0) is 10.0 Å². The molecule has 3 rings (SSSR count). The number of anilines is 1. The normalized spacial score (nSPS) is 21.6. The molecule has 0 spiro atoms. The first kappa shape index (κ1) is 17.0. The third-order valence-electron chi connectivity index (χ3n) is 4.60. The lowest BCUT2D eigenvalue weighted by Crippen LogP contribution is -2.40. The van der Waals surface area contributed by atoms with Crippen molar-refractivity contribution in [3.05, 3.63) is 41.7 Å². The van der Waals surface area contributed by atoms with Crippen LogP contribution in [0.3, 0.4) is 0 Å². The minimum atomic E-state index is -3.65. The van der Waals surface area contributed by atoms with Gasteiger partial charge in [-0.05, 0) is 38.8 Å². The van der Waals surface area contributed by atoms with Gasteiger partial charge in [0, 0.05) is 0 Å². The Balaban J connectivity index is 1.92. The molecule has 0 aliphatic heterocycles. The van der Waals surface area contributed by atoms with Gasteiger partial charge >= 0.3 is 0 Å². The van der Waals surface area contributed by atoms with Crippen molar-refractivity contribution in [2.24, 2.45) is 0 Å². The van der Waals surface area contributed by atoms with Crippen LogP contribution in [0, 0.1) is 13.8 Å². The highest BCUT2D eigenvalue weighted by Crippen LogP contribution is 2.29. The number of aromatic nitrogens is 2. The van der Waals surface area contributed by atoms with Gasteiger partial charge < -0.3 is 5.11 Å². The van der Waals surface area contributed by atoms with Crippen LogP contribution in [0.4, 0.5) is 5.69 Å². The second kappa shape index (κ2) is 6.57. The monoisotopic (exact) mass is 349 g/mol. The van der Waals surface area contributed by atoms with Crippen LogP contribution >= 0.6 is 0 Å². The Labute approximate surface area is 142 Å². The van der Waals surface area contributed by atoms with E-state index in [0.717, 1.165) is 24.2 Å². The fourth-order valence-corrected chi connectivity index (χ4v) is 5.03. The number of sulfonamides is 1. The lowest BCUT2D eigenvalue weighted by atomic mass is 9.97. The Morgan fingerprint density at radius 1 is 1.17 bits per heavy atom. The SMILES string of the molecule is Cc1nn(-c2ccccc2)c(C)c1NS(=O)(=O)[C@H]1CCCC[C@@H]1O. The molecule has 0 unspecified atom stereocenters. The Hall–Kier alpha value is -1.86. The molecule has 2 N–H and O–H groups in total. The summed E-state index contributed by atoms with van der Waals surface area (Å²) >= 11 is 0. The van der Waals surface area contributed by atoms with Crippen molar-refractivity contribution in [3.8, 4) is 5.69 Å². The van der Waals surface area contributed by atoms with Crippen LogP contribution in [-0.4, -0.2) is 34.7 Å². The molecule has 24 heavy (non-hydrogen) atoms. The molecular weight excluding hydrogens is 326 g/mol. The minimum Gasteiger partial charge on any atom is -0.392 e. The molecule has 1 heterocycles. The predicted molar refractivity (Wildman–Crippen MR) is 93.8 cm³/mol. The zero-order chi connectivity index (χ0) is 17.3. The van der Waals surface area contributed by atoms with E-state index in [1.807, 2.05) is 37.3 Å². The van der Waals surface area contributed by atoms with Crippen molar-refractivity contribution in [1.82, 2.24) is 9.78 Å². The number of aryl methyl sites for hydroxylation is 1. The Bertz CT molecular complexity index is 815. The molecular formula is C17H23N3O3S. The zero-order valence-corrected chi connectivity index (χ0v) is 14.8. The summed E-state index contributed by atoms with van der Waals surface area (Å²) in [7, 11) is -3.65. The van der Waals surface area contributed by atoms with Gasteiger partial charge in [0.1, 0.15) is 5.25 Å². The van der Waals surface area contributed by atoms with Crippen LogP contribution in [0.15, 0.2) is 30.3 Å². The van der Waals surface area contributed by atoms with Gasteiger partial charge in [0.2, 0.25) is 10.0 Å². The molecule has 7 heteroatoms. The van der Waals surface area contributed by atoms with Crippen molar-refractivity contribution >= 4 is 15.7 Å². The highest BCUT2D eigenvalue weighted by Gasteiger charge is 2.35. The molecule has 0 bridgehead atoms. The summed E-state index contributed by atoms with van der Waals surface area (Å²) < 4.78 is 29.8. The van der Waals surface area contributed by atoms with Crippen LogP contribution in [0.1, 0.15) is 37.1 Å². The van der Waals surface area contributed by atoms with E-state index in [4.69, 9.17) is 0 Å². The number of aliphatic hydroxyl groups excluding tert-OH is 1. The van der Waals surface area contributed by atoms with Gasteiger partial charge in [0.05, 0.1) is 28.9 Å². The maximum atomic E-state index is 12.7. The summed E-state index contributed by atoms with van der Waals surface area (Å²) in [6, 6.07) is 9.58. The Morgan fingerprint density at radius 3 is 2.50 bits per heavy atom. The molecule has 1 fully saturated rings. The highest BCUT2D eigenvalue weighted by atomic mass is 32.2. The average Bonchev–Trinajstić information content (AvgIpc) is 2.84. The summed E-state index contributed by atoms with van der Waals surface area (Å²) in [5.74, 6) is 0. The van der Waals surface area contributed by atoms with E-state index in [-0.39, 0.29) is 0 Å². The van der Waals surface area contributed by atoms with Crippen molar-refractivity contribution in [3.63, 3.8) is 0 Å². The van der Waals surface area contributed by atoms with Gasteiger partial charge in [-0.3, -0.25) is 4.72 Å². The van der Waals surface area contributed by atoms with Crippen molar-refractivity contribution < 1.29 is 13.5 Å². The number of nitrogens with zero attached hydrogens (tertiary/aromatic N) is 2. The van der Waals surface area contributed by atoms with Gasteiger partial charge in [-0.1, -0.05) is 31.0 Å². The largest absolute Gasteiger partial charge is 0.392 e. The molecule has 0 amide bonds. The van der Waals surface area contributed by atoms with E-state index in [0.29, 0.717) is 24.2 Å². The summed E-state index contributed by atoms with van der Waals surface area (Å²) in [4.78, 5) is 0. The molecule has 1 aliphatic carbocycles. The summed E-state index contributed by atoms with van der Waals surface area (Å²) in [5, 5.41) is 13.8. The van der Waals surface area contributed by atoms with Gasteiger partial charge in [0.15, 0.2) is 0 Å². The molecule has 2 aromatic rings. The summed E-state index contributed by atoms with van der Waals surface area (Å²) in [6.07, 6.45) is 1.91. The molecule has 0 saturated heterocycles. The number of benzene rings is 1. The van der Waals surface area contributed by atoms with E-state index in [1.165, 1.54) is 0 Å². The maximum absolute atomic E-state index is 12.7. The van der Waals surface area contributed by atoms with Crippen LogP contribution in [0.25, 0.3) is 5.69 Å². The van der Waals surface area contributed by atoms with E-state index >= 15 is 0 Å². The van der Waals surface area contributed by atoms with Crippen molar-refractivity contribution in [1.29, 1.82) is 0 Å². The standard InChI is InChI=1S/C17H23N3O3S/c1-12-17(13(2)20(18-12)14-8-4-3-5-9-14)19-24(22,23)16-11-7-6-10-15(16)21/h3-5,8-9,15-16,19,21H,6-7,10-11H2,1-2H3/t15-,16-/m0/s1. The smallest absolute Gasteiger partial charge is 0.238 e. The number of para-hydroxylation sites is 1. The zero-order valence-electron chi connectivity index (χ0n) is 13.9. The van der Waals surface area contributed by atoms with Gasteiger partial charge in [0.25, 0.3) is 0 Å². The Morgan fingerprint density at radius 2 is 1.83 bits per heavy atom. The molecule has 2 atom stereocenters. The third-order valence-corrected chi connectivity index (χ3v) is 6.44. The van der Waals surface area contributed by atoms with E-state index in [2.05, 4.69) is 9.82 Å². The predicted octanol–water partition coefficient (Wildman–Crippen LogP) is 2.53. The van der Waals surface area contributed by atoms with E-state index in [1.54, 1.807) is 11.6 Å². The number of aliphatic hydroxyl groups is 1. The average molecular weight is 349 g/mol. The first-order valence-corrected chi connectivity index (χ1v) is 9.76. The first-order chi connectivity index (χ1) is 11.4. The number of nitrogens with one attached hydrogen (secondary N) is 1.